The molecule has 1 fully saturated rings. The second-order valence-corrected chi connectivity index (χ2v) is 6.16. The van der Waals surface area contributed by atoms with Gasteiger partial charge in [-0.3, -0.25) is 14.7 Å². The summed E-state index contributed by atoms with van der Waals surface area (Å²) in [6, 6.07) is 3.76. The second kappa shape index (κ2) is 7.04. The second-order valence-electron chi connectivity index (χ2n) is 5.15. The van der Waals surface area contributed by atoms with Crippen molar-refractivity contribution in [2.24, 2.45) is 4.99 Å². The molecule has 3 rings (SSSR count). The summed E-state index contributed by atoms with van der Waals surface area (Å²) in [4.78, 5) is 25.2. The number of amidine groups is 1. The molecule has 1 aromatic rings. The fourth-order valence-electron chi connectivity index (χ4n) is 2.45. The quantitative estimate of drug-likeness (QED) is 0.826. The highest BCUT2D eigenvalue weighted by Crippen LogP contribution is 2.30. The number of aliphatic hydroxyl groups excluding tert-OH is 1. The maximum absolute atomic E-state index is 12.0. The van der Waals surface area contributed by atoms with Crippen LogP contribution in [0.5, 0.6) is 0 Å². The van der Waals surface area contributed by atoms with E-state index in [4.69, 9.17) is 5.11 Å². The topological polar surface area (TPSA) is 69.0 Å². The molecule has 22 heavy (non-hydrogen) atoms. The van der Waals surface area contributed by atoms with Gasteiger partial charge in [0, 0.05) is 45.1 Å². The van der Waals surface area contributed by atoms with E-state index >= 15 is 0 Å². The number of carbonyl (C=O) groups excluding carboxylic acids is 1. The Balaban J connectivity index is 1.62. The van der Waals surface area contributed by atoms with Gasteiger partial charge in [-0.25, -0.2) is 0 Å². The number of aliphatic hydroxyl groups is 1. The number of nitrogens with zero attached hydrogens (tertiary/aromatic N) is 4. The minimum absolute atomic E-state index is 0.179. The molecule has 0 aromatic carbocycles. The molecule has 6 nitrogen and oxygen atoms in total. The summed E-state index contributed by atoms with van der Waals surface area (Å²) in [6.07, 6.45) is 5.27. The molecule has 1 amide bonds. The van der Waals surface area contributed by atoms with Crippen LogP contribution in [0.15, 0.2) is 34.4 Å². The summed E-state index contributed by atoms with van der Waals surface area (Å²) in [5.74, 6) is -0.179. The van der Waals surface area contributed by atoms with Gasteiger partial charge < -0.3 is 10.0 Å². The predicted molar refractivity (Wildman–Crippen MR) is 87.3 cm³/mol. The Morgan fingerprint density at radius 3 is 2.82 bits per heavy atom. The molecule has 0 atom stereocenters. The zero-order valence-electron chi connectivity index (χ0n) is 12.2. The van der Waals surface area contributed by atoms with Crippen LogP contribution in [0, 0.1) is 0 Å². The standard InChI is InChI=1S/C15H18N4O2S/c20-9-8-18-4-6-19(7-5-18)15-17-14(21)13(22-15)10-12-2-1-3-16-11-12/h1-3,10-11,20H,4-9H2/b13-10-. The highest BCUT2D eigenvalue weighted by molar-refractivity contribution is 8.18. The van der Waals surface area contributed by atoms with Crippen molar-refractivity contribution in [1.29, 1.82) is 0 Å². The van der Waals surface area contributed by atoms with E-state index in [0.717, 1.165) is 36.9 Å². The fourth-order valence-corrected chi connectivity index (χ4v) is 3.42. The summed E-state index contributed by atoms with van der Waals surface area (Å²) >= 11 is 1.43. The first kappa shape index (κ1) is 15.2. The van der Waals surface area contributed by atoms with Gasteiger partial charge in [0.15, 0.2) is 5.17 Å². The van der Waals surface area contributed by atoms with Gasteiger partial charge in [0.05, 0.1) is 11.5 Å². The number of amides is 1. The summed E-state index contributed by atoms with van der Waals surface area (Å²) < 4.78 is 0. The van der Waals surface area contributed by atoms with Crippen LogP contribution in [-0.4, -0.2) is 70.3 Å². The van der Waals surface area contributed by atoms with Crippen LogP contribution in [0.3, 0.4) is 0 Å². The van der Waals surface area contributed by atoms with Crippen molar-refractivity contribution in [2.75, 3.05) is 39.3 Å². The fraction of sp³-hybridized carbons (Fsp3) is 0.400. The Labute approximate surface area is 133 Å². The molecular formula is C15H18N4O2S. The van der Waals surface area contributed by atoms with Gasteiger partial charge in [0.2, 0.25) is 0 Å². The van der Waals surface area contributed by atoms with Crippen LogP contribution in [0.25, 0.3) is 6.08 Å². The Morgan fingerprint density at radius 2 is 2.14 bits per heavy atom. The first-order valence-corrected chi connectivity index (χ1v) is 8.08. The lowest BCUT2D eigenvalue weighted by atomic mass is 10.2. The van der Waals surface area contributed by atoms with E-state index in [9.17, 15) is 4.79 Å². The van der Waals surface area contributed by atoms with Crippen LogP contribution in [0.1, 0.15) is 5.56 Å². The molecule has 0 spiro atoms. The van der Waals surface area contributed by atoms with Gasteiger partial charge in [0.1, 0.15) is 0 Å². The third kappa shape index (κ3) is 3.55. The molecule has 1 N–H and O–H groups in total. The average molecular weight is 318 g/mol. The van der Waals surface area contributed by atoms with Gasteiger partial charge in [-0.15, -0.1) is 0 Å². The smallest absolute Gasteiger partial charge is 0.286 e. The molecule has 1 saturated heterocycles. The lowest BCUT2D eigenvalue weighted by molar-refractivity contribution is -0.113. The summed E-state index contributed by atoms with van der Waals surface area (Å²) in [5, 5.41) is 9.75. The van der Waals surface area contributed by atoms with E-state index in [1.54, 1.807) is 12.4 Å². The third-order valence-corrected chi connectivity index (χ3v) is 4.69. The minimum atomic E-state index is -0.179. The first-order valence-electron chi connectivity index (χ1n) is 7.27. The normalized spacial score (nSPS) is 21.5. The minimum Gasteiger partial charge on any atom is -0.395 e. The number of hydrogen-bond acceptors (Lipinski definition) is 6. The number of β-amino-alcohol motifs (C(OH)–C–C–N with tert-alkyl or cyclic N) is 1. The van der Waals surface area contributed by atoms with Gasteiger partial charge in [-0.2, -0.15) is 4.99 Å². The van der Waals surface area contributed by atoms with E-state index in [1.807, 2.05) is 18.2 Å². The SMILES string of the molecule is O=C1N=C(N2CCN(CCO)CC2)S/C1=C\c1cccnc1. The molecule has 1 aromatic heterocycles. The Bertz CT molecular complexity index is 595. The van der Waals surface area contributed by atoms with E-state index < -0.39 is 0 Å². The van der Waals surface area contributed by atoms with Crippen LogP contribution in [0.4, 0.5) is 0 Å². The van der Waals surface area contributed by atoms with Crippen molar-refractivity contribution < 1.29 is 9.90 Å². The highest BCUT2D eigenvalue weighted by atomic mass is 32.2. The molecule has 0 radical (unpaired) electrons. The van der Waals surface area contributed by atoms with Crippen molar-refractivity contribution in [3.8, 4) is 0 Å². The number of pyridine rings is 1. The van der Waals surface area contributed by atoms with E-state index in [1.165, 1.54) is 11.8 Å². The maximum atomic E-state index is 12.0. The summed E-state index contributed by atoms with van der Waals surface area (Å²) in [5.41, 5.74) is 0.905. The zero-order chi connectivity index (χ0) is 15.4. The number of piperazine rings is 1. The molecule has 0 bridgehead atoms. The number of aliphatic imine (C=N–C) groups is 1. The van der Waals surface area contributed by atoms with Gasteiger partial charge >= 0.3 is 0 Å². The number of aromatic nitrogens is 1. The van der Waals surface area contributed by atoms with Crippen molar-refractivity contribution in [3.63, 3.8) is 0 Å². The van der Waals surface area contributed by atoms with Crippen molar-refractivity contribution in [1.82, 2.24) is 14.8 Å². The van der Waals surface area contributed by atoms with Crippen LogP contribution in [-0.2, 0) is 4.79 Å². The summed E-state index contributed by atoms with van der Waals surface area (Å²) in [7, 11) is 0. The molecule has 0 saturated carbocycles. The molecule has 7 heteroatoms. The lowest BCUT2D eigenvalue weighted by Gasteiger charge is -2.34. The van der Waals surface area contributed by atoms with E-state index in [2.05, 4.69) is 19.8 Å². The van der Waals surface area contributed by atoms with Crippen LogP contribution < -0.4 is 0 Å². The molecule has 2 aliphatic heterocycles. The van der Waals surface area contributed by atoms with Gasteiger partial charge in [-0.1, -0.05) is 6.07 Å². The van der Waals surface area contributed by atoms with Crippen molar-refractivity contribution in [2.45, 2.75) is 0 Å². The highest BCUT2D eigenvalue weighted by Gasteiger charge is 2.28. The van der Waals surface area contributed by atoms with E-state index in [-0.39, 0.29) is 12.5 Å². The first-order chi connectivity index (χ1) is 10.8. The van der Waals surface area contributed by atoms with Gasteiger partial charge in [-0.05, 0) is 29.5 Å². The number of rotatable bonds is 3. The molecule has 2 aliphatic rings. The van der Waals surface area contributed by atoms with Crippen molar-refractivity contribution in [3.05, 3.63) is 35.0 Å². The monoisotopic (exact) mass is 318 g/mol. The number of carbonyl (C=O) groups is 1. The Hall–Kier alpha value is -1.70. The molecule has 3 heterocycles. The molecule has 116 valence electrons. The lowest BCUT2D eigenvalue weighted by Crippen LogP contribution is -2.48. The van der Waals surface area contributed by atoms with Crippen LogP contribution in [0.2, 0.25) is 0 Å². The average Bonchev–Trinajstić information content (AvgIpc) is 2.90. The summed E-state index contributed by atoms with van der Waals surface area (Å²) in [6.45, 7) is 4.33. The number of hydrogen-bond donors (Lipinski definition) is 1. The van der Waals surface area contributed by atoms with E-state index in [0.29, 0.717) is 11.4 Å². The molecule has 0 unspecified atom stereocenters. The predicted octanol–water partition coefficient (Wildman–Crippen LogP) is 0.662. The van der Waals surface area contributed by atoms with Crippen molar-refractivity contribution >= 4 is 28.9 Å². The Kier molecular flexibility index (Phi) is 4.87. The largest absolute Gasteiger partial charge is 0.395 e. The van der Waals surface area contributed by atoms with Crippen LogP contribution >= 0.6 is 11.8 Å². The Morgan fingerprint density at radius 1 is 1.32 bits per heavy atom. The number of thioether (sulfide) groups is 1. The molecule has 0 aliphatic carbocycles. The zero-order valence-corrected chi connectivity index (χ0v) is 13.0. The molecular weight excluding hydrogens is 300 g/mol. The maximum Gasteiger partial charge on any atom is 0.286 e. The third-order valence-electron chi connectivity index (χ3n) is 3.65. The van der Waals surface area contributed by atoms with Gasteiger partial charge in [0.25, 0.3) is 5.91 Å².